The summed E-state index contributed by atoms with van der Waals surface area (Å²) in [5, 5.41) is 20.0. The number of nitrogens with zero attached hydrogens (tertiary/aromatic N) is 1. The second-order valence-corrected chi connectivity index (χ2v) is 5.92. The molecule has 0 aromatic carbocycles. The highest BCUT2D eigenvalue weighted by atomic mass is 16.4. The number of urea groups is 1. The predicted molar refractivity (Wildman–Crippen MR) is 71.4 cm³/mol. The van der Waals surface area contributed by atoms with Crippen LogP contribution in [0.1, 0.15) is 39.5 Å². The van der Waals surface area contributed by atoms with E-state index in [0.717, 1.165) is 12.8 Å². The van der Waals surface area contributed by atoms with Crippen molar-refractivity contribution in [3.63, 3.8) is 0 Å². The molecule has 0 spiro atoms. The second kappa shape index (κ2) is 6.58. The second-order valence-electron chi connectivity index (χ2n) is 5.92. The quantitative estimate of drug-likeness (QED) is 0.702. The molecule has 0 saturated carbocycles. The maximum absolute atomic E-state index is 12.0. The largest absolute Gasteiger partial charge is 0.481 e. The Hall–Kier alpha value is -1.79. The molecule has 1 rings (SSSR count). The molecular formula is C13H22N2O5. The summed E-state index contributed by atoms with van der Waals surface area (Å²) in [7, 11) is 0. The van der Waals surface area contributed by atoms with Gasteiger partial charge in [-0.3, -0.25) is 4.79 Å². The van der Waals surface area contributed by atoms with E-state index in [1.54, 1.807) is 4.90 Å². The van der Waals surface area contributed by atoms with Gasteiger partial charge in [-0.15, -0.1) is 0 Å². The number of carbonyl (C=O) groups excluding carboxylic acids is 1. The lowest BCUT2D eigenvalue weighted by molar-refractivity contribution is -0.140. The summed E-state index contributed by atoms with van der Waals surface area (Å²) < 4.78 is 0. The lowest BCUT2D eigenvalue weighted by Crippen LogP contribution is -2.51. The van der Waals surface area contributed by atoms with Gasteiger partial charge in [0.25, 0.3) is 0 Å². The highest BCUT2D eigenvalue weighted by Gasteiger charge is 2.30. The summed E-state index contributed by atoms with van der Waals surface area (Å²) in [6, 6.07) is -1.59. The lowest BCUT2D eigenvalue weighted by atomic mass is 9.83. The van der Waals surface area contributed by atoms with E-state index in [2.05, 4.69) is 19.2 Å². The number of amides is 2. The van der Waals surface area contributed by atoms with Gasteiger partial charge < -0.3 is 20.4 Å². The van der Waals surface area contributed by atoms with E-state index in [9.17, 15) is 14.4 Å². The number of likely N-dealkylation sites (tertiary alicyclic amines) is 1. The van der Waals surface area contributed by atoms with Crippen LogP contribution < -0.4 is 5.32 Å². The van der Waals surface area contributed by atoms with Crippen molar-refractivity contribution < 1.29 is 24.6 Å². The van der Waals surface area contributed by atoms with Crippen molar-refractivity contribution in [1.29, 1.82) is 0 Å². The molecular weight excluding hydrogens is 264 g/mol. The average Bonchev–Trinajstić information content (AvgIpc) is 2.33. The van der Waals surface area contributed by atoms with Gasteiger partial charge in [0.1, 0.15) is 6.04 Å². The van der Waals surface area contributed by atoms with Gasteiger partial charge in [-0.05, 0) is 24.7 Å². The fourth-order valence-electron chi connectivity index (χ4n) is 2.08. The fraction of sp³-hybridized carbons (Fsp3) is 0.769. The Morgan fingerprint density at radius 1 is 1.20 bits per heavy atom. The SMILES string of the molecule is CC1(C)CCN(C(=O)NC(CCC(=O)O)C(=O)O)CC1. The molecule has 7 heteroatoms. The van der Waals surface area contributed by atoms with Crippen LogP contribution in [0, 0.1) is 5.41 Å². The zero-order chi connectivity index (χ0) is 15.3. The molecule has 7 nitrogen and oxygen atoms in total. The van der Waals surface area contributed by atoms with Gasteiger partial charge in [-0.2, -0.15) is 0 Å². The van der Waals surface area contributed by atoms with Crippen molar-refractivity contribution in [3.05, 3.63) is 0 Å². The average molecular weight is 286 g/mol. The van der Waals surface area contributed by atoms with E-state index in [4.69, 9.17) is 10.2 Å². The van der Waals surface area contributed by atoms with Crippen LogP contribution in [0.5, 0.6) is 0 Å². The van der Waals surface area contributed by atoms with Gasteiger partial charge in [0.2, 0.25) is 0 Å². The molecule has 3 N–H and O–H groups in total. The van der Waals surface area contributed by atoms with E-state index in [0.29, 0.717) is 13.1 Å². The van der Waals surface area contributed by atoms with Crippen molar-refractivity contribution in [1.82, 2.24) is 10.2 Å². The minimum atomic E-state index is -1.21. The van der Waals surface area contributed by atoms with Gasteiger partial charge in [-0.1, -0.05) is 13.8 Å². The molecule has 2 amide bonds. The number of rotatable bonds is 5. The van der Waals surface area contributed by atoms with Crippen LogP contribution in [-0.4, -0.2) is 52.2 Å². The Bertz CT molecular complexity index is 384. The van der Waals surface area contributed by atoms with Gasteiger partial charge >= 0.3 is 18.0 Å². The van der Waals surface area contributed by atoms with E-state index in [1.807, 2.05) is 0 Å². The number of hydrogen-bond acceptors (Lipinski definition) is 3. The fourth-order valence-corrected chi connectivity index (χ4v) is 2.08. The lowest BCUT2D eigenvalue weighted by Gasteiger charge is -2.37. The van der Waals surface area contributed by atoms with E-state index >= 15 is 0 Å². The minimum absolute atomic E-state index is 0.115. The van der Waals surface area contributed by atoms with Gasteiger partial charge in [0, 0.05) is 19.5 Å². The Morgan fingerprint density at radius 3 is 2.20 bits per heavy atom. The number of nitrogens with one attached hydrogen (secondary N) is 1. The predicted octanol–water partition coefficient (Wildman–Crippen LogP) is 1.14. The van der Waals surface area contributed by atoms with Gasteiger partial charge in [-0.25, -0.2) is 9.59 Å². The molecule has 20 heavy (non-hydrogen) atoms. The molecule has 1 unspecified atom stereocenters. The van der Waals surface area contributed by atoms with Crippen molar-refractivity contribution >= 4 is 18.0 Å². The first-order valence-electron chi connectivity index (χ1n) is 6.71. The summed E-state index contributed by atoms with van der Waals surface area (Å²) >= 11 is 0. The maximum Gasteiger partial charge on any atom is 0.326 e. The van der Waals surface area contributed by atoms with Crippen LogP contribution >= 0.6 is 0 Å². The van der Waals surface area contributed by atoms with Gasteiger partial charge in [0.15, 0.2) is 0 Å². The van der Waals surface area contributed by atoms with Crippen LogP contribution in [0.2, 0.25) is 0 Å². The molecule has 1 fully saturated rings. The highest BCUT2D eigenvalue weighted by Crippen LogP contribution is 2.29. The molecule has 1 atom stereocenters. The Balaban J connectivity index is 2.50. The normalized spacial score (nSPS) is 19.2. The molecule has 0 aromatic heterocycles. The first-order valence-corrected chi connectivity index (χ1v) is 6.71. The Morgan fingerprint density at radius 2 is 1.75 bits per heavy atom. The molecule has 0 bridgehead atoms. The molecule has 1 aliphatic heterocycles. The van der Waals surface area contributed by atoms with Crippen molar-refractivity contribution in [3.8, 4) is 0 Å². The third kappa shape index (κ3) is 5.07. The molecule has 114 valence electrons. The van der Waals surface area contributed by atoms with E-state index in [1.165, 1.54) is 0 Å². The zero-order valence-corrected chi connectivity index (χ0v) is 11.9. The third-order valence-electron chi connectivity index (χ3n) is 3.65. The van der Waals surface area contributed by atoms with Crippen molar-refractivity contribution in [2.24, 2.45) is 5.41 Å². The molecule has 1 saturated heterocycles. The number of carboxylic acids is 2. The topological polar surface area (TPSA) is 107 Å². The zero-order valence-electron chi connectivity index (χ0n) is 11.9. The van der Waals surface area contributed by atoms with Crippen LogP contribution in [0.4, 0.5) is 4.79 Å². The van der Waals surface area contributed by atoms with Gasteiger partial charge in [0.05, 0.1) is 0 Å². The number of aliphatic carboxylic acids is 2. The molecule has 1 aliphatic rings. The van der Waals surface area contributed by atoms with Crippen molar-refractivity contribution in [2.45, 2.75) is 45.6 Å². The van der Waals surface area contributed by atoms with Crippen LogP contribution in [0.25, 0.3) is 0 Å². The minimum Gasteiger partial charge on any atom is -0.481 e. The first-order chi connectivity index (χ1) is 9.21. The molecule has 0 radical (unpaired) electrons. The summed E-state index contributed by atoms with van der Waals surface area (Å²) in [6.45, 7) is 5.44. The summed E-state index contributed by atoms with van der Waals surface area (Å²) in [4.78, 5) is 35.0. The number of hydrogen-bond donors (Lipinski definition) is 3. The van der Waals surface area contributed by atoms with Crippen molar-refractivity contribution in [2.75, 3.05) is 13.1 Å². The van der Waals surface area contributed by atoms with Crippen LogP contribution in [0.15, 0.2) is 0 Å². The highest BCUT2D eigenvalue weighted by molar-refractivity contribution is 5.83. The molecule has 1 heterocycles. The smallest absolute Gasteiger partial charge is 0.326 e. The Labute approximate surface area is 117 Å². The third-order valence-corrected chi connectivity index (χ3v) is 3.65. The summed E-state index contributed by atoms with van der Waals surface area (Å²) in [6.07, 6.45) is 1.33. The first kappa shape index (κ1) is 16.3. The Kier molecular flexibility index (Phi) is 5.35. The maximum atomic E-state index is 12.0. The molecule has 0 aromatic rings. The van der Waals surface area contributed by atoms with Crippen LogP contribution in [0.3, 0.4) is 0 Å². The summed E-state index contributed by atoms with van der Waals surface area (Å²) in [5.41, 5.74) is 0.201. The molecule has 0 aliphatic carbocycles. The number of piperidine rings is 1. The summed E-state index contributed by atoms with van der Waals surface area (Å²) in [5.74, 6) is -2.29. The monoisotopic (exact) mass is 286 g/mol. The van der Waals surface area contributed by atoms with E-state index < -0.39 is 24.0 Å². The van der Waals surface area contributed by atoms with Crippen LogP contribution in [-0.2, 0) is 9.59 Å². The standard InChI is InChI=1S/C13H22N2O5/c1-13(2)5-7-15(8-6-13)12(20)14-9(11(18)19)3-4-10(16)17/h9H,3-8H2,1-2H3,(H,14,20)(H,16,17)(H,18,19). The number of carboxylic acid groups (broad SMARTS) is 2. The van der Waals surface area contributed by atoms with E-state index in [-0.39, 0.29) is 18.3 Å². The number of carbonyl (C=O) groups is 3.